The van der Waals surface area contributed by atoms with Crippen molar-refractivity contribution in [3.8, 4) is 0 Å². The van der Waals surface area contributed by atoms with Crippen molar-refractivity contribution in [2.45, 2.75) is 13.8 Å². The molecule has 2 N–H and O–H groups in total. The number of hydrogen-bond acceptors (Lipinski definition) is 4. The van der Waals surface area contributed by atoms with Crippen molar-refractivity contribution in [3.05, 3.63) is 41.5 Å². The van der Waals surface area contributed by atoms with Gasteiger partial charge in [0.15, 0.2) is 0 Å². The lowest BCUT2D eigenvalue weighted by Gasteiger charge is -2.21. The van der Waals surface area contributed by atoms with Crippen LogP contribution in [0.25, 0.3) is 10.3 Å². The van der Waals surface area contributed by atoms with Crippen LogP contribution in [0.4, 0.5) is 11.4 Å². The summed E-state index contributed by atoms with van der Waals surface area (Å²) in [6, 6.07) is 9.73. The number of hydrogen-bond donors (Lipinski definition) is 2. The monoisotopic (exact) mass is 314 g/mol. The lowest BCUT2D eigenvalue weighted by molar-refractivity contribution is 0.102. The fourth-order valence-electron chi connectivity index (χ4n) is 2.41. The Morgan fingerprint density at radius 2 is 2.00 bits per heavy atom. The van der Waals surface area contributed by atoms with Gasteiger partial charge in [0.2, 0.25) is 0 Å². The van der Waals surface area contributed by atoms with Gasteiger partial charge in [-0.3, -0.25) is 4.79 Å². The van der Waals surface area contributed by atoms with Crippen molar-refractivity contribution in [1.29, 1.82) is 0 Å². The second-order valence-corrected chi connectivity index (χ2v) is 5.81. The van der Waals surface area contributed by atoms with E-state index in [1.54, 1.807) is 5.51 Å². The molecule has 0 radical (unpaired) electrons. The number of carbonyl (C=O) groups excluding carboxylic acids is 1. The molecule has 0 aliphatic heterocycles. The number of nitrogens with one attached hydrogen (secondary N) is 2. The molecule has 1 aromatic carbocycles. The summed E-state index contributed by atoms with van der Waals surface area (Å²) in [5.74, 6) is -0.152. The van der Waals surface area contributed by atoms with E-state index in [-0.39, 0.29) is 5.91 Å². The molecule has 0 atom stereocenters. The number of benzene rings is 1. The summed E-state index contributed by atoms with van der Waals surface area (Å²) in [5.41, 5.74) is 4.99. The van der Waals surface area contributed by atoms with Crippen LogP contribution in [-0.2, 0) is 0 Å². The Balaban J connectivity index is 1.72. The number of nitrogens with zero attached hydrogens (tertiary/aromatic N) is 2. The number of thiazole rings is 1. The zero-order chi connectivity index (χ0) is 15.5. The van der Waals surface area contributed by atoms with Crippen LogP contribution >= 0.6 is 11.3 Å². The van der Waals surface area contributed by atoms with E-state index in [0.717, 1.165) is 34.8 Å². The third kappa shape index (κ3) is 2.82. The van der Waals surface area contributed by atoms with E-state index in [1.807, 2.05) is 30.3 Å². The number of anilines is 2. The van der Waals surface area contributed by atoms with Gasteiger partial charge in [0.05, 0.1) is 10.2 Å². The Kier molecular flexibility index (Phi) is 4.11. The van der Waals surface area contributed by atoms with E-state index in [9.17, 15) is 4.79 Å². The smallest absolute Gasteiger partial charge is 0.272 e. The van der Waals surface area contributed by atoms with E-state index in [0.29, 0.717) is 5.69 Å². The Labute approximate surface area is 133 Å². The average molecular weight is 314 g/mol. The largest absolute Gasteiger partial charge is 0.372 e. The topological polar surface area (TPSA) is 61.0 Å². The molecule has 2 heterocycles. The molecule has 0 saturated heterocycles. The molecule has 0 spiro atoms. The summed E-state index contributed by atoms with van der Waals surface area (Å²) in [6.07, 6.45) is 0. The van der Waals surface area contributed by atoms with E-state index in [4.69, 9.17) is 0 Å². The predicted molar refractivity (Wildman–Crippen MR) is 91.9 cm³/mol. The quantitative estimate of drug-likeness (QED) is 0.754. The molecule has 1 amide bonds. The molecule has 3 rings (SSSR count). The first kappa shape index (κ1) is 14.6. The number of amides is 1. The molecule has 0 aliphatic rings. The summed E-state index contributed by atoms with van der Waals surface area (Å²) >= 11 is 1.51. The molecule has 5 nitrogen and oxygen atoms in total. The number of aromatic nitrogens is 2. The zero-order valence-corrected chi connectivity index (χ0v) is 13.4. The average Bonchev–Trinajstić information content (AvgIpc) is 3.11. The molecule has 0 aliphatic carbocycles. The zero-order valence-electron chi connectivity index (χ0n) is 12.6. The normalized spacial score (nSPS) is 10.8. The minimum absolute atomic E-state index is 0.152. The second-order valence-electron chi connectivity index (χ2n) is 4.92. The minimum atomic E-state index is -0.152. The first-order chi connectivity index (χ1) is 10.7. The van der Waals surface area contributed by atoms with Crippen LogP contribution in [0.2, 0.25) is 0 Å². The number of fused-ring (bicyclic) bond motifs is 1. The predicted octanol–water partition coefficient (Wildman–Crippen LogP) is 3.72. The van der Waals surface area contributed by atoms with Gasteiger partial charge in [-0.25, -0.2) is 4.98 Å². The molecule has 0 unspecified atom stereocenters. The van der Waals surface area contributed by atoms with Gasteiger partial charge in [-0.05, 0) is 44.2 Å². The fourth-order valence-corrected chi connectivity index (χ4v) is 3.08. The second kappa shape index (κ2) is 6.19. The van der Waals surface area contributed by atoms with Gasteiger partial charge in [-0.15, -0.1) is 11.3 Å². The van der Waals surface area contributed by atoms with Crippen LogP contribution in [0, 0.1) is 0 Å². The minimum Gasteiger partial charge on any atom is -0.372 e. The van der Waals surface area contributed by atoms with Crippen LogP contribution in [0.1, 0.15) is 24.3 Å². The van der Waals surface area contributed by atoms with Gasteiger partial charge in [-0.2, -0.15) is 0 Å². The Hall–Kier alpha value is -2.34. The lowest BCUT2D eigenvalue weighted by atomic mass is 10.2. The van der Waals surface area contributed by atoms with Gasteiger partial charge < -0.3 is 15.2 Å². The molecule has 6 heteroatoms. The highest BCUT2D eigenvalue weighted by atomic mass is 32.1. The maximum absolute atomic E-state index is 12.2. The highest BCUT2D eigenvalue weighted by Gasteiger charge is 2.11. The molecule has 2 aromatic heterocycles. The standard InChI is InChI=1S/C16H18N4OS/c1-3-20(4-2)12-7-5-11(6-8-12)18-16(21)13-9-14-15(19-13)17-10-22-14/h5-10,19H,3-4H2,1-2H3,(H,18,21). The van der Waals surface area contributed by atoms with Crippen LogP contribution in [0.15, 0.2) is 35.8 Å². The molecule has 3 aromatic rings. The molecule has 22 heavy (non-hydrogen) atoms. The summed E-state index contributed by atoms with van der Waals surface area (Å²) < 4.78 is 0.988. The van der Waals surface area contributed by atoms with Crippen molar-refractivity contribution in [3.63, 3.8) is 0 Å². The molecular formula is C16H18N4OS. The number of carbonyl (C=O) groups is 1. The van der Waals surface area contributed by atoms with E-state index < -0.39 is 0 Å². The highest BCUT2D eigenvalue weighted by Crippen LogP contribution is 2.21. The van der Waals surface area contributed by atoms with Crippen molar-refractivity contribution >= 4 is 39.0 Å². The Bertz CT molecular complexity index is 742. The van der Waals surface area contributed by atoms with E-state index in [2.05, 4.69) is 34.0 Å². The van der Waals surface area contributed by atoms with Gasteiger partial charge in [0.1, 0.15) is 11.3 Å². The summed E-state index contributed by atoms with van der Waals surface area (Å²) in [6.45, 7) is 6.19. The van der Waals surface area contributed by atoms with Crippen molar-refractivity contribution < 1.29 is 4.79 Å². The molecular weight excluding hydrogens is 296 g/mol. The molecule has 0 saturated carbocycles. The van der Waals surface area contributed by atoms with Crippen LogP contribution in [-0.4, -0.2) is 29.0 Å². The fraction of sp³-hybridized carbons (Fsp3) is 0.250. The van der Waals surface area contributed by atoms with Crippen LogP contribution in [0.3, 0.4) is 0 Å². The number of H-pyrrole nitrogens is 1. The third-order valence-corrected chi connectivity index (χ3v) is 4.40. The highest BCUT2D eigenvalue weighted by molar-refractivity contribution is 7.16. The third-order valence-electron chi connectivity index (χ3n) is 3.62. The number of rotatable bonds is 5. The maximum atomic E-state index is 12.2. The van der Waals surface area contributed by atoms with Crippen molar-refractivity contribution in [2.75, 3.05) is 23.3 Å². The first-order valence-electron chi connectivity index (χ1n) is 7.29. The van der Waals surface area contributed by atoms with Gasteiger partial charge in [-0.1, -0.05) is 0 Å². The molecule has 0 bridgehead atoms. The summed E-state index contributed by atoms with van der Waals surface area (Å²) in [5, 5.41) is 2.90. The van der Waals surface area contributed by atoms with Crippen LogP contribution < -0.4 is 10.2 Å². The maximum Gasteiger partial charge on any atom is 0.272 e. The van der Waals surface area contributed by atoms with Gasteiger partial charge in [0, 0.05) is 24.5 Å². The van der Waals surface area contributed by atoms with E-state index in [1.165, 1.54) is 11.3 Å². The van der Waals surface area contributed by atoms with Gasteiger partial charge in [0.25, 0.3) is 5.91 Å². The van der Waals surface area contributed by atoms with Crippen LogP contribution in [0.5, 0.6) is 0 Å². The Morgan fingerprint density at radius 3 is 2.64 bits per heavy atom. The molecule has 114 valence electrons. The molecule has 0 fully saturated rings. The summed E-state index contributed by atoms with van der Waals surface area (Å²) in [4.78, 5) is 21.7. The Morgan fingerprint density at radius 1 is 1.27 bits per heavy atom. The van der Waals surface area contributed by atoms with E-state index >= 15 is 0 Å². The SMILES string of the molecule is CCN(CC)c1ccc(NC(=O)c2cc3scnc3[nH]2)cc1. The van der Waals surface area contributed by atoms with Crippen molar-refractivity contribution in [1.82, 2.24) is 9.97 Å². The number of aromatic amines is 1. The first-order valence-corrected chi connectivity index (χ1v) is 8.17. The lowest BCUT2D eigenvalue weighted by Crippen LogP contribution is -2.21. The van der Waals surface area contributed by atoms with Gasteiger partial charge >= 0.3 is 0 Å². The van der Waals surface area contributed by atoms with Crippen molar-refractivity contribution in [2.24, 2.45) is 0 Å². The summed E-state index contributed by atoms with van der Waals surface area (Å²) in [7, 11) is 0.